The quantitative estimate of drug-likeness (QED) is 0.804. The molecule has 0 saturated carbocycles. The molecule has 28 heavy (non-hydrogen) atoms. The predicted octanol–water partition coefficient (Wildman–Crippen LogP) is 3.42. The van der Waals surface area contributed by atoms with Crippen molar-refractivity contribution in [1.82, 2.24) is 14.3 Å². The number of benzene rings is 1. The van der Waals surface area contributed by atoms with Gasteiger partial charge in [0.05, 0.1) is 7.11 Å². The molecular formula is C17H19F3N4O3S. The number of nitrogens with one attached hydrogen (secondary N) is 1. The number of piperidine rings is 1. The van der Waals surface area contributed by atoms with Crippen LogP contribution in [0.25, 0.3) is 0 Å². The Labute approximate surface area is 160 Å². The molecule has 0 radical (unpaired) electrons. The fourth-order valence-electron chi connectivity index (χ4n) is 2.91. The van der Waals surface area contributed by atoms with E-state index in [0.717, 1.165) is 31.5 Å². The van der Waals surface area contributed by atoms with Crippen LogP contribution < -0.4 is 10.1 Å². The number of halogens is 3. The number of anilines is 2. The molecule has 0 spiro atoms. The van der Waals surface area contributed by atoms with E-state index in [0.29, 0.717) is 13.1 Å². The summed E-state index contributed by atoms with van der Waals surface area (Å²) in [6.45, 7) is 0.833. The van der Waals surface area contributed by atoms with E-state index in [1.54, 1.807) is 0 Å². The van der Waals surface area contributed by atoms with E-state index < -0.39 is 21.9 Å². The van der Waals surface area contributed by atoms with Gasteiger partial charge < -0.3 is 10.1 Å². The van der Waals surface area contributed by atoms with Crippen LogP contribution in [-0.2, 0) is 16.2 Å². The third kappa shape index (κ3) is 4.36. The highest BCUT2D eigenvalue weighted by atomic mass is 32.2. The van der Waals surface area contributed by atoms with Crippen LogP contribution in [0.3, 0.4) is 0 Å². The molecule has 7 nitrogen and oxygen atoms in total. The average molecular weight is 416 g/mol. The van der Waals surface area contributed by atoms with Gasteiger partial charge in [-0.05, 0) is 37.1 Å². The van der Waals surface area contributed by atoms with Crippen LogP contribution in [0.1, 0.15) is 25.0 Å². The first-order valence-electron chi connectivity index (χ1n) is 8.57. The number of hydrogen-bond donors (Lipinski definition) is 1. The van der Waals surface area contributed by atoms with Gasteiger partial charge in [0.25, 0.3) is 0 Å². The zero-order chi connectivity index (χ0) is 20.4. The molecule has 1 aromatic heterocycles. The maximum atomic E-state index is 13.0. The minimum atomic E-state index is -4.61. The van der Waals surface area contributed by atoms with Gasteiger partial charge in [-0.15, -0.1) is 0 Å². The van der Waals surface area contributed by atoms with Gasteiger partial charge in [-0.3, -0.25) is 0 Å². The molecule has 1 aliphatic heterocycles. The van der Waals surface area contributed by atoms with Gasteiger partial charge >= 0.3 is 6.18 Å². The molecule has 0 amide bonds. The minimum absolute atomic E-state index is 0.0612. The van der Waals surface area contributed by atoms with Crippen molar-refractivity contribution in [3.8, 4) is 5.75 Å². The zero-order valence-corrected chi connectivity index (χ0v) is 15.8. The van der Waals surface area contributed by atoms with Crippen LogP contribution >= 0.6 is 0 Å². The fraction of sp³-hybridized carbons (Fsp3) is 0.412. The van der Waals surface area contributed by atoms with Gasteiger partial charge in [0.1, 0.15) is 16.3 Å². The number of sulfonamides is 1. The van der Waals surface area contributed by atoms with Crippen molar-refractivity contribution >= 4 is 21.7 Å². The number of rotatable bonds is 5. The zero-order valence-electron chi connectivity index (χ0n) is 15.0. The lowest BCUT2D eigenvalue weighted by Crippen LogP contribution is -2.35. The summed E-state index contributed by atoms with van der Waals surface area (Å²) < 4.78 is 71.0. The van der Waals surface area contributed by atoms with Crippen LogP contribution in [0.15, 0.2) is 35.4 Å². The Hall–Kier alpha value is -2.40. The third-order valence-electron chi connectivity index (χ3n) is 4.30. The maximum Gasteiger partial charge on any atom is 0.433 e. The number of aromatic nitrogens is 2. The lowest BCUT2D eigenvalue weighted by Gasteiger charge is -2.26. The monoisotopic (exact) mass is 416 g/mol. The Morgan fingerprint density at radius 2 is 1.86 bits per heavy atom. The highest BCUT2D eigenvalue weighted by Crippen LogP contribution is 2.32. The van der Waals surface area contributed by atoms with Gasteiger partial charge in [0, 0.05) is 25.0 Å². The first-order chi connectivity index (χ1) is 13.2. The SMILES string of the molecule is COc1ccc(Nc2nccc(C(F)(F)F)n2)cc1S(=O)(=O)N1CCCCC1. The summed E-state index contributed by atoms with van der Waals surface area (Å²) in [4.78, 5) is 7.12. The smallest absolute Gasteiger partial charge is 0.433 e. The standard InChI is InChI=1S/C17H19F3N4O3S/c1-27-13-6-5-12(22-16-21-8-7-15(23-16)17(18,19)20)11-14(13)28(25,26)24-9-3-2-4-10-24/h5-8,11H,2-4,9-10H2,1H3,(H,21,22,23). The Kier molecular flexibility index (Phi) is 5.75. The summed E-state index contributed by atoms with van der Waals surface area (Å²) >= 11 is 0. The Morgan fingerprint density at radius 3 is 2.50 bits per heavy atom. The van der Waals surface area contributed by atoms with Crippen LogP contribution in [0.4, 0.5) is 24.8 Å². The summed E-state index contributed by atoms with van der Waals surface area (Å²) in [7, 11) is -2.45. The Bertz CT molecular complexity index is 945. The number of alkyl halides is 3. The molecule has 152 valence electrons. The third-order valence-corrected chi connectivity index (χ3v) is 6.22. The number of nitrogens with zero attached hydrogens (tertiary/aromatic N) is 3. The summed E-state index contributed by atoms with van der Waals surface area (Å²) in [6, 6.07) is 4.99. The molecule has 1 fully saturated rings. The Morgan fingerprint density at radius 1 is 1.14 bits per heavy atom. The van der Waals surface area contributed by atoms with Gasteiger partial charge in [-0.25, -0.2) is 18.4 Å². The molecule has 1 aliphatic rings. The van der Waals surface area contributed by atoms with Crippen molar-refractivity contribution in [2.45, 2.75) is 30.3 Å². The maximum absolute atomic E-state index is 13.0. The predicted molar refractivity (Wildman–Crippen MR) is 95.9 cm³/mol. The van der Waals surface area contributed by atoms with E-state index in [1.165, 1.54) is 29.6 Å². The van der Waals surface area contributed by atoms with E-state index in [2.05, 4.69) is 15.3 Å². The van der Waals surface area contributed by atoms with E-state index in [-0.39, 0.29) is 22.3 Å². The fourth-order valence-corrected chi connectivity index (χ4v) is 4.60. The second kappa shape index (κ2) is 7.92. The minimum Gasteiger partial charge on any atom is -0.495 e. The van der Waals surface area contributed by atoms with E-state index in [9.17, 15) is 21.6 Å². The van der Waals surface area contributed by atoms with Crippen LogP contribution in [0.2, 0.25) is 0 Å². The first-order valence-corrected chi connectivity index (χ1v) is 10.0. The molecule has 1 saturated heterocycles. The molecule has 2 aromatic rings. The van der Waals surface area contributed by atoms with Gasteiger partial charge in [-0.1, -0.05) is 6.42 Å². The van der Waals surface area contributed by atoms with E-state index >= 15 is 0 Å². The van der Waals surface area contributed by atoms with Crippen molar-refractivity contribution in [1.29, 1.82) is 0 Å². The number of methoxy groups -OCH3 is 1. The molecule has 0 bridgehead atoms. The van der Waals surface area contributed by atoms with Gasteiger partial charge in [0.15, 0.2) is 0 Å². The van der Waals surface area contributed by atoms with Gasteiger partial charge in [0.2, 0.25) is 16.0 Å². The van der Waals surface area contributed by atoms with Crippen LogP contribution in [-0.4, -0.2) is 42.9 Å². The topological polar surface area (TPSA) is 84.4 Å². The number of hydrogen-bond acceptors (Lipinski definition) is 6. The van der Waals surface area contributed by atoms with E-state index in [4.69, 9.17) is 4.74 Å². The van der Waals surface area contributed by atoms with Crippen molar-refractivity contribution in [3.05, 3.63) is 36.2 Å². The number of ether oxygens (including phenoxy) is 1. The molecule has 0 aliphatic carbocycles. The normalized spacial score (nSPS) is 16.0. The Balaban J connectivity index is 1.93. The molecule has 1 aromatic carbocycles. The lowest BCUT2D eigenvalue weighted by molar-refractivity contribution is -0.141. The average Bonchev–Trinajstić information content (AvgIpc) is 2.68. The lowest BCUT2D eigenvalue weighted by atomic mass is 10.2. The van der Waals surface area contributed by atoms with Crippen molar-refractivity contribution in [2.24, 2.45) is 0 Å². The van der Waals surface area contributed by atoms with Crippen LogP contribution in [0.5, 0.6) is 5.75 Å². The molecule has 2 heterocycles. The van der Waals surface area contributed by atoms with Crippen molar-refractivity contribution in [2.75, 3.05) is 25.5 Å². The highest BCUT2D eigenvalue weighted by Gasteiger charge is 2.33. The second-order valence-corrected chi connectivity index (χ2v) is 8.12. The first kappa shape index (κ1) is 20.3. The molecular weight excluding hydrogens is 397 g/mol. The summed E-state index contributed by atoms with van der Waals surface area (Å²) in [5.41, 5.74) is -0.865. The summed E-state index contributed by atoms with van der Waals surface area (Å²) in [6.07, 6.45) is -1.11. The second-order valence-electron chi connectivity index (χ2n) is 6.22. The molecule has 0 unspecified atom stereocenters. The molecule has 1 N–H and O–H groups in total. The van der Waals surface area contributed by atoms with Gasteiger partial charge in [-0.2, -0.15) is 17.5 Å². The highest BCUT2D eigenvalue weighted by molar-refractivity contribution is 7.89. The molecule has 0 atom stereocenters. The van der Waals surface area contributed by atoms with E-state index in [1.807, 2.05) is 0 Å². The summed E-state index contributed by atoms with van der Waals surface area (Å²) in [5, 5.41) is 2.62. The van der Waals surface area contributed by atoms with Crippen molar-refractivity contribution < 1.29 is 26.3 Å². The molecule has 11 heteroatoms. The van der Waals surface area contributed by atoms with Crippen LogP contribution in [0, 0.1) is 0 Å². The largest absolute Gasteiger partial charge is 0.495 e. The summed E-state index contributed by atoms with van der Waals surface area (Å²) in [5.74, 6) is -0.137. The van der Waals surface area contributed by atoms with Crippen molar-refractivity contribution in [3.63, 3.8) is 0 Å². The molecule has 3 rings (SSSR count).